The second-order valence-electron chi connectivity index (χ2n) is 4.70. The van der Waals surface area contributed by atoms with Crippen molar-refractivity contribution >= 4 is 33.0 Å². The Morgan fingerprint density at radius 2 is 1.85 bits per heavy atom. The van der Waals surface area contributed by atoms with Gasteiger partial charge >= 0.3 is 0 Å². The summed E-state index contributed by atoms with van der Waals surface area (Å²) in [6, 6.07) is 18.5. The first-order valence-corrected chi connectivity index (χ1v) is 7.65. The van der Waals surface area contributed by atoms with Crippen LogP contribution in [-0.4, -0.2) is 0 Å². The Morgan fingerprint density at radius 3 is 2.60 bits per heavy atom. The van der Waals surface area contributed by atoms with Crippen molar-refractivity contribution < 1.29 is 0 Å². The predicted molar refractivity (Wildman–Crippen MR) is 87.0 cm³/mol. The lowest BCUT2D eigenvalue weighted by atomic mass is 10.0. The van der Waals surface area contributed by atoms with Crippen LogP contribution < -0.4 is 11.3 Å². The maximum atomic E-state index is 6.23. The number of thiophene rings is 1. The maximum Gasteiger partial charge on any atom is 0.0594 e. The fraction of sp³-hybridized carbons (Fsp3) is 0.125. The van der Waals surface area contributed by atoms with Crippen LogP contribution in [0.15, 0.2) is 54.6 Å². The fourth-order valence-corrected chi connectivity index (χ4v) is 3.64. The van der Waals surface area contributed by atoms with E-state index >= 15 is 0 Å². The summed E-state index contributed by atoms with van der Waals surface area (Å²) in [7, 11) is 0. The standard InChI is InChI=1S/C16H15ClN2S/c17-13-7-3-1-5-11(13)9-14(19-18)16-10-12-6-2-4-8-15(12)20-16/h1-8,10,14,19H,9,18H2. The summed E-state index contributed by atoms with van der Waals surface area (Å²) in [6.45, 7) is 0. The van der Waals surface area contributed by atoms with Crippen molar-refractivity contribution in [2.45, 2.75) is 12.5 Å². The highest BCUT2D eigenvalue weighted by Gasteiger charge is 2.15. The third kappa shape index (κ3) is 2.72. The molecule has 0 bridgehead atoms. The van der Waals surface area contributed by atoms with Gasteiger partial charge in [-0.3, -0.25) is 11.3 Å². The van der Waals surface area contributed by atoms with Crippen LogP contribution in [0, 0.1) is 0 Å². The zero-order valence-corrected chi connectivity index (χ0v) is 12.4. The van der Waals surface area contributed by atoms with Gasteiger partial charge in [0.1, 0.15) is 0 Å². The van der Waals surface area contributed by atoms with E-state index in [2.05, 4.69) is 35.8 Å². The van der Waals surface area contributed by atoms with Crippen molar-refractivity contribution in [1.82, 2.24) is 5.43 Å². The molecule has 0 radical (unpaired) electrons. The Kier molecular flexibility index (Phi) is 4.03. The molecule has 0 spiro atoms. The van der Waals surface area contributed by atoms with Gasteiger partial charge in [0.25, 0.3) is 0 Å². The van der Waals surface area contributed by atoms with E-state index in [4.69, 9.17) is 17.4 Å². The van der Waals surface area contributed by atoms with Crippen LogP contribution in [0.1, 0.15) is 16.5 Å². The van der Waals surface area contributed by atoms with E-state index < -0.39 is 0 Å². The van der Waals surface area contributed by atoms with E-state index in [1.807, 2.05) is 24.3 Å². The normalized spacial score (nSPS) is 12.7. The largest absolute Gasteiger partial charge is 0.271 e. The third-order valence-electron chi connectivity index (χ3n) is 3.37. The van der Waals surface area contributed by atoms with E-state index in [1.54, 1.807) is 11.3 Å². The number of nitrogens with two attached hydrogens (primary N) is 1. The third-order valence-corrected chi connectivity index (χ3v) is 4.97. The smallest absolute Gasteiger partial charge is 0.0594 e. The number of rotatable bonds is 4. The predicted octanol–water partition coefficient (Wildman–Crippen LogP) is 4.30. The van der Waals surface area contributed by atoms with Gasteiger partial charge in [0, 0.05) is 14.6 Å². The molecule has 0 saturated carbocycles. The minimum Gasteiger partial charge on any atom is -0.271 e. The summed E-state index contributed by atoms with van der Waals surface area (Å²) in [5.41, 5.74) is 4.01. The molecule has 3 rings (SSSR count). The van der Waals surface area contributed by atoms with Crippen LogP contribution in [-0.2, 0) is 6.42 Å². The lowest BCUT2D eigenvalue weighted by Gasteiger charge is -2.15. The lowest BCUT2D eigenvalue weighted by Crippen LogP contribution is -2.29. The molecule has 0 aliphatic carbocycles. The number of hydrogen-bond acceptors (Lipinski definition) is 3. The molecule has 1 aromatic heterocycles. The van der Waals surface area contributed by atoms with Crippen molar-refractivity contribution in [2.75, 3.05) is 0 Å². The van der Waals surface area contributed by atoms with Gasteiger partial charge in [-0.25, -0.2) is 0 Å². The highest BCUT2D eigenvalue weighted by atomic mass is 35.5. The first kappa shape index (κ1) is 13.6. The summed E-state index contributed by atoms with van der Waals surface area (Å²) >= 11 is 8.00. The molecule has 0 aliphatic rings. The molecule has 4 heteroatoms. The summed E-state index contributed by atoms with van der Waals surface area (Å²) in [5.74, 6) is 5.74. The van der Waals surface area contributed by atoms with Crippen molar-refractivity contribution in [3.8, 4) is 0 Å². The van der Waals surface area contributed by atoms with Crippen molar-refractivity contribution in [3.63, 3.8) is 0 Å². The van der Waals surface area contributed by atoms with Gasteiger partial charge in [-0.05, 0) is 35.6 Å². The van der Waals surface area contributed by atoms with E-state index in [9.17, 15) is 0 Å². The number of fused-ring (bicyclic) bond motifs is 1. The maximum absolute atomic E-state index is 6.23. The molecule has 102 valence electrons. The molecule has 3 N–H and O–H groups in total. The van der Waals surface area contributed by atoms with Crippen LogP contribution in [0.3, 0.4) is 0 Å². The second-order valence-corrected chi connectivity index (χ2v) is 6.22. The number of hydrogen-bond donors (Lipinski definition) is 2. The minimum atomic E-state index is 0.0762. The van der Waals surface area contributed by atoms with Gasteiger partial charge in [0.05, 0.1) is 6.04 Å². The van der Waals surface area contributed by atoms with Gasteiger partial charge in [-0.1, -0.05) is 48.0 Å². The van der Waals surface area contributed by atoms with Crippen molar-refractivity contribution in [1.29, 1.82) is 0 Å². The Hall–Kier alpha value is -1.39. The SMILES string of the molecule is NNC(Cc1ccccc1Cl)c1cc2ccccc2s1. The molecule has 1 heterocycles. The molecule has 20 heavy (non-hydrogen) atoms. The van der Waals surface area contributed by atoms with Crippen LogP contribution in [0.2, 0.25) is 5.02 Å². The van der Waals surface area contributed by atoms with Crippen molar-refractivity contribution in [2.24, 2.45) is 5.84 Å². The first-order chi connectivity index (χ1) is 9.78. The highest BCUT2D eigenvalue weighted by molar-refractivity contribution is 7.19. The van der Waals surface area contributed by atoms with Crippen molar-refractivity contribution in [3.05, 3.63) is 70.1 Å². The lowest BCUT2D eigenvalue weighted by molar-refractivity contribution is 0.561. The number of halogens is 1. The summed E-state index contributed by atoms with van der Waals surface area (Å²) in [6.07, 6.45) is 0.781. The van der Waals surface area contributed by atoms with Gasteiger partial charge in [-0.15, -0.1) is 11.3 Å². The van der Waals surface area contributed by atoms with E-state index in [0.717, 1.165) is 17.0 Å². The van der Waals surface area contributed by atoms with Gasteiger partial charge < -0.3 is 0 Å². The number of hydrazine groups is 1. The van der Waals surface area contributed by atoms with E-state index in [-0.39, 0.29) is 6.04 Å². The number of nitrogens with one attached hydrogen (secondary N) is 1. The molecule has 2 nitrogen and oxygen atoms in total. The Bertz CT molecular complexity index is 690. The Labute approximate surface area is 127 Å². The average Bonchev–Trinajstić information content (AvgIpc) is 2.90. The van der Waals surface area contributed by atoms with Crippen LogP contribution in [0.5, 0.6) is 0 Å². The van der Waals surface area contributed by atoms with Crippen LogP contribution >= 0.6 is 22.9 Å². The summed E-state index contributed by atoms with van der Waals surface area (Å²) in [5, 5.41) is 2.04. The van der Waals surface area contributed by atoms with Gasteiger partial charge in [0.2, 0.25) is 0 Å². The molecule has 2 aromatic carbocycles. The first-order valence-electron chi connectivity index (χ1n) is 6.46. The van der Waals surface area contributed by atoms with Crippen LogP contribution in [0.25, 0.3) is 10.1 Å². The molecule has 0 fully saturated rings. The zero-order chi connectivity index (χ0) is 13.9. The molecule has 3 aromatic rings. The molecule has 1 atom stereocenters. The zero-order valence-electron chi connectivity index (χ0n) is 10.8. The van der Waals surface area contributed by atoms with E-state index in [0.29, 0.717) is 0 Å². The molecule has 0 aliphatic heterocycles. The monoisotopic (exact) mass is 302 g/mol. The Balaban J connectivity index is 1.91. The number of benzene rings is 2. The average molecular weight is 303 g/mol. The fourth-order valence-electron chi connectivity index (χ4n) is 2.30. The molecular weight excluding hydrogens is 288 g/mol. The summed E-state index contributed by atoms with van der Waals surface area (Å²) < 4.78 is 1.28. The highest BCUT2D eigenvalue weighted by Crippen LogP contribution is 2.32. The van der Waals surface area contributed by atoms with Gasteiger partial charge in [0.15, 0.2) is 0 Å². The molecule has 0 saturated heterocycles. The van der Waals surface area contributed by atoms with E-state index in [1.165, 1.54) is 15.0 Å². The Morgan fingerprint density at radius 1 is 1.10 bits per heavy atom. The van der Waals surface area contributed by atoms with Gasteiger partial charge in [-0.2, -0.15) is 0 Å². The topological polar surface area (TPSA) is 38.0 Å². The molecule has 1 unspecified atom stereocenters. The van der Waals surface area contributed by atoms with Crippen LogP contribution in [0.4, 0.5) is 0 Å². The summed E-state index contributed by atoms with van der Waals surface area (Å²) in [4.78, 5) is 1.23. The molecule has 0 amide bonds. The minimum absolute atomic E-state index is 0.0762. The quantitative estimate of drug-likeness (QED) is 0.557. The second kappa shape index (κ2) is 5.94. The molecular formula is C16H15ClN2S.